The average molecular weight is 368 g/mol. The van der Waals surface area contributed by atoms with Gasteiger partial charge in [0.25, 0.3) is 5.91 Å². The highest BCUT2D eigenvalue weighted by molar-refractivity contribution is 5.94. The molecule has 27 heavy (non-hydrogen) atoms. The van der Waals surface area contributed by atoms with Crippen molar-refractivity contribution in [2.24, 2.45) is 5.92 Å². The summed E-state index contributed by atoms with van der Waals surface area (Å²) in [6.07, 6.45) is 4.40. The van der Waals surface area contributed by atoms with E-state index in [9.17, 15) is 4.79 Å². The first-order valence-corrected chi connectivity index (χ1v) is 9.86. The smallest absolute Gasteiger partial charge is 0.253 e. The first kappa shape index (κ1) is 18.2. The van der Waals surface area contributed by atoms with Gasteiger partial charge in [-0.3, -0.25) is 14.4 Å². The van der Waals surface area contributed by atoms with Crippen LogP contribution in [0, 0.1) is 12.8 Å². The Bertz CT molecular complexity index is 789. The molecule has 2 aromatic rings. The molecule has 3 aliphatic rings. The van der Waals surface area contributed by atoms with Gasteiger partial charge in [-0.05, 0) is 37.8 Å². The Balaban J connectivity index is 1.48. The molecule has 1 N–H and O–H groups in total. The molecule has 1 amide bonds. The number of hydrogen-bond donors (Lipinski definition) is 1. The fourth-order valence-electron chi connectivity index (χ4n) is 4.45. The number of rotatable bonds is 5. The van der Waals surface area contributed by atoms with Crippen molar-refractivity contribution in [3.05, 3.63) is 53.3 Å². The number of fused-ring (bicyclic) bond motifs is 4. The number of carbonyl (C=O) groups is 1. The molecule has 0 unspecified atom stereocenters. The second kappa shape index (κ2) is 7.82. The molecule has 2 bridgehead atoms. The van der Waals surface area contributed by atoms with E-state index in [1.165, 1.54) is 12.0 Å². The third-order valence-electron chi connectivity index (χ3n) is 5.89. The normalized spacial score (nSPS) is 22.8. The maximum absolute atomic E-state index is 12.9. The minimum Gasteiger partial charge on any atom is -0.394 e. The van der Waals surface area contributed by atoms with Crippen molar-refractivity contribution in [3.8, 4) is 0 Å². The lowest BCUT2D eigenvalue weighted by atomic mass is 9.94. The summed E-state index contributed by atoms with van der Waals surface area (Å²) in [6.45, 7) is 6.22. The largest absolute Gasteiger partial charge is 0.394 e. The summed E-state index contributed by atoms with van der Waals surface area (Å²) in [7, 11) is 0. The molecule has 3 saturated heterocycles. The van der Waals surface area contributed by atoms with Crippen LogP contribution in [0.2, 0.25) is 0 Å². The van der Waals surface area contributed by atoms with Gasteiger partial charge < -0.3 is 10.0 Å². The maximum atomic E-state index is 12.9. The molecule has 4 heterocycles. The molecule has 0 aliphatic carbocycles. The Kier molecular flexibility index (Phi) is 5.27. The number of nitrogens with zero attached hydrogens (tertiary/aromatic N) is 4. The number of aliphatic hydroxyl groups is 1. The third kappa shape index (κ3) is 3.92. The molecule has 0 radical (unpaired) electrons. The molecule has 2 atom stereocenters. The predicted octanol–water partition coefficient (Wildman–Crippen LogP) is 1.92. The van der Waals surface area contributed by atoms with Gasteiger partial charge >= 0.3 is 0 Å². The van der Waals surface area contributed by atoms with E-state index in [2.05, 4.69) is 21.1 Å². The fraction of sp³-hybridized carbons (Fsp3) is 0.524. The van der Waals surface area contributed by atoms with E-state index in [1.54, 1.807) is 0 Å². The molecule has 1 aromatic carbocycles. The van der Waals surface area contributed by atoms with Crippen LogP contribution in [0.4, 0.5) is 0 Å². The minimum absolute atomic E-state index is 0.103. The highest BCUT2D eigenvalue weighted by Gasteiger charge is 2.36. The summed E-state index contributed by atoms with van der Waals surface area (Å²) in [5, 5.41) is 13.6. The monoisotopic (exact) mass is 368 g/mol. The quantitative estimate of drug-likeness (QED) is 0.876. The van der Waals surface area contributed by atoms with E-state index in [4.69, 9.17) is 5.11 Å². The number of aryl methyl sites for hydroxylation is 1. The van der Waals surface area contributed by atoms with E-state index < -0.39 is 0 Å². The van der Waals surface area contributed by atoms with Crippen molar-refractivity contribution < 1.29 is 9.90 Å². The lowest BCUT2D eigenvalue weighted by Gasteiger charge is -2.35. The number of aromatic nitrogens is 2. The van der Waals surface area contributed by atoms with Crippen LogP contribution < -0.4 is 0 Å². The number of piperidine rings is 1. The van der Waals surface area contributed by atoms with Crippen molar-refractivity contribution in [1.82, 2.24) is 19.6 Å². The summed E-state index contributed by atoms with van der Waals surface area (Å²) < 4.78 is 1.83. The molecular formula is C21H28N4O2. The predicted molar refractivity (Wildman–Crippen MR) is 103 cm³/mol. The fourth-order valence-corrected chi connectivity index (χ4v) is 4.45. The van der Waals surface area contributed by atoms with Gasteiger partial charge in [-0.15, -0.1) is 0 Å². The summed E-state index contributed by atoms with van der Waals surface area (Å²) in [5.74, 6) is 0.686. The molecule has 1 aromatic heterocycles. The number of amides is 1. The Morgan fingerprint density at radius 1 is 1.19 bits per heavy atom. The van der Waals surface area contributed by atoms with Gasteiger partial charge in [0.1, 0.15) is 0 Å². The molecule has 5 rings (SSSR count). The molecular weight excluding hydrogens is 340 g/mol. The van der Waals surface area contributed by atoms with Crippen molar-refractivity contribution >= 4 is 5.91 Å². The Labute approximate surface area is 160 Å². The van der Waals surface area contributed by atoms with Gasteiger partial charge in [-0.25, -0.2) is 0 Å². The zero-order valence-electron chi connectivity index (χ0n) is 15.9. The first-order valence-electron chi connectivity index (χ1n) is 9.86. The van der Waals surface area contributed by atoms with Gasteiger partial charge in [0, 0.05) is 49.5 Å². The molecule has 0 saturated carbocycles. The van der Waals surface area contributed by atoms with E-state index in [0.717, 1.165) is 43.9 Å². The Morgan fingerprint density at radius 2 is 2.00 bits per heavy atom. The van der Waals surface area contributed by atoms with Gasteiger partial charge in [-0.2, -0.15) is 5.10 Å². The van der Waals surface area contributed by atoms with Crippen LogP contribution in [-0.2, 0) is 13.1 Å². The van der Waals surface area contributed by atoms with Crippen LogP contribution >= 0.6 is 0 Å². The number of hydrogen-bond acceptors (Lipinski definition) is 4. The summed E-state index contributed by atoms with van der Waals surface area (Å²) in [5.41, 5.74) is 3.03. The molecule has 3 aliphatic heterocycles. The number of aliphatic hydroxyl groups excluding tert-OH is 1. The van der Waals surface area contributed by atoms with Crippen molar-refractivity contribution in [1.29, 1.82) is 0 Å². The van der Waals surface area contributed by atoms with Crippen LogP contribution in [0.3, 0.4) is 0 Å². The van der Waals surface area contributed by atoms with Crippen molar-refractivity contribution in [2.75, 3.05) is 26.2 Å². The maximum Gasteiger partial charge on any atom is 0.253 e. The first-order chi connectivity index (χ1) is 13.1. The van der Waals surface area contributed by atoms with Gasteiger partial charge in [0.2, 0.25) is 0 Å². The van der Waals surface area contributed by atoms with Gasteiger partial charge in [-0.1, -0.05) is 18.2 Å². The summed E-state index contributed by atoms with van der Waals surface area (Å²) in [6, 6.07) is 10.0. The standard InChI is InChI=1S/C21H28N4O2/c1-16-19(14-25(22-16)9-10-26)13-23-11-17-7-8-20(23)15-24(12-17)21(27)18-5-3-2-4-6-18/h2-6,14,17,20,26H,7-13,15H2,1H3/t17-,20-/m1/s1. The lowest BCUT2D eigenvalue weighted by molar-refractivity contribution is 0.0736. The van der Waals surface area contributed by atoms with Gasteiger partial charge in [0.05, 0.1) is 18.8 Å². The Hall–Kier alpha value is -2.18. The lowest BCUT2D eigenvalue weighted by Crippen LogP contribution is -2.44. The zero-order chi connectivity index (χ0) is 18.8. The van der Waals surface area contributed by atoms with Crippen molar-refractivity contribution in [2.45, 2.75) is 38.9 Å². The average Bonchev–Trinajstić information content (AvgIpc) is 2.85. The topological polar surface area (TPSA) is 61.6 Å². The molecule has 0 spiro atoms. The minimum atomic E-state index is 0.103. The van der Waals surface area contributed by atoms with Crippen LogP contribution in [0.15, 0.2) is 36.5 Å². The van der Waals surface area contributed by atoms with Crippen LogP contribution in [0.5, 0.6) is 0 Å². The molecule has 144 valence electrons. The Morgan fingerprint density at radius 3 is 2.78 bits per heavy atom. The van der Waals surface area contributed by atoms with Crippen LogP contribution in [0.1, 0.15) is 34.5 Å². The summed E-state index contributed by atoms with van der Waals surface area (Å²) >= 11 is 0. The van der Waals surface area contributed by atoms with E-state index in [-0.39, 0.29) is 12.5 Å². The zero-order valence-corrected chi connectivity index (χ0v) is 15.9. The molecule has 6 heteroatoms. The van der Waals surface area contributed by atoms with E-state index in [1.807, 2.05) is 41.9 Å². The highest BCUT2D eigenvalue weighted by Crippen LogP contribution is 2.30. The molecule has 6 nitrogen and oxygen atoms in total. The van der Waals surface area contributed by atoms with Crippen LogP contribution in [-0.4, -0.2) is 62.9 Å². The number of carbonyl (C=O) groups excluding carboxylic acids is 1. The SMILES string of the molecule is Cc1nn(CCO)cc1CN1C[C@H]2CC[C@@H]1CN(C(=O)c1ccccc1)C2. The molecule has 3 fully saturated rings. The van der Waals surface area contributed by atoms with Crippen LogP contribution in [0.25, 0.3) is 0 Å². The van der Waals surface area contributed by atoms with Gasteiger partial charge in [0.15, 0.2) is 0 Å². The number of benzene rings is 1. The second-order valence-corrected chi connectivity index (χ2v) is 7.83. The second-order valence-electron chi connectivity index (χ2n) is 7.83. The summed E-state index contributed by atoms with van der Waals surface area (Å²) in [4.78, 5) is 17.5. The highest BCUT2D eigenvalue weighted by atomic mass is 16.3. The van der Waals surface area contributed by atoms with E-state index >= 15 is 0 Å². The van der Waals surface area contributed by atoms with E-state index in [0.29, 0.717) is 18.5 Å². The third-order valence-corrected chi connectivity index (χ3v) is 5.89. The van der Waals surface area contributed by atoms with Crippen molar-refractivity contribution in [3.63, 3.8) is 0 Å².